The Morgan fingerprint density at radius 1 is 0.846 bits per heavy atom. The van der Waals surface area contributed by atoms with E-state index in [-0.39, 0.29) is 12.2 Å². The second-order valence-electron chi connectivity index (χ2n) is 6.53. The van der Waals surface area contributed by atoms with Crippen LogP contribution in [-0.4, -0.2) is 19.3 Å². The first-order valence-corrected chi connectivity index (χ1v) is 10.4. The van der Waals surface area contributed by atoms with Gasteiger partial charge in [0.1, 0.15) is 5.75 Å². The molecule has 26 heavy (non-hydrogen) atoms. The van der Waals surface area contributed by atoms with E-state index in [0.717, 1.165) is 17.0 Å². The first kappa shape index (κ1) is 20.5. The fourth-order valence-electron chi connectivity index (χ4n) is 2.56. The smallest absolute Gasteiger partial charge is 0.357 e. The number of benzene rings is 2. The zero-order valence-electron chi connectivity index (χ0n) is 16.0. The third kappa shape index (κ3) is 5.60. The molecule has 0 aliphatic rings. The van der Waals surface area contributed by atoms with Crippen LogP contribution in [-0.2, 0) is 13.6 Å². The fourth-order valence-corrected chi connectivity index (χ4v) is 4.87. The second kappa shape index (κ2) is 9.22. The molecule has 0 aliphatic heterocycles. The number of ether oxygens (including phenoxy) is 1. The number of anilines is 1. The summed E-state index contributed by atoms with van der Waals surface area (Å²) in [5.74, 6) is 0.133. The molecule has 0 aliphatic carbocycles. The summed E-state index contributed by atoms with van der Waals surface area (Å²) in [6, 6.07) is 17.0. The Bertz CT molecular complexity index is 702. The summed E-state index contributed by atoms with van der Waals surface area (Å²) in [6.45, 7) is 7.41. The van der Waals surface area contributed by atoms with Crippen molar-refractivity contribution in [1.29, 1.82) is 0 Å². The molecule has 1 unspecified atom stereocenters. The number of rotatable bonds is 9. The van der Waals surface area contributed by atoms with E-state index in [0.29, 0.717) is 0 Å². The van der Waals surface area contributed by atoms with Gasteiger partial charge in [-0.2, -0.15) is 0 Å². The molecule has 5 nitrogen and oxygen atoms in total. The lowest BCUT2D eigenvalue weighted by Gasteiger charge is -2.31. The summed E-state index contributed by atoms with van der Waals surface area (Å²) in [5, 5.41) is 3.33. The Morgan fingerprint density at radius 3 is 1.85 bits per heavy atom. The molecule has 2 rings (SSSR count). The maximum Gasteiger partial charge on any atom is 0.357 e. The van der Waals surface area contributed by atoms with Gasteiger partial charge in [0, 0.05) is 5.69 Å². The van der Waals surface area contributed by atoms with E-state index in [4.69, 9.17) is 13.8 Å². The molecule has 0 bridgehead atoms. The Morgan fingerprint density at radius 2 is 1.38 bits per heavy atom. The minimum absolute atomic E-state index is 0.233. The van der Waals surface area contributed by atoms with Crippen molar-refractivity contribution in [2.75, 3.05) is 12.4 Å². The van der Waals surface area contributed by atoms with E-state index in [1.165, 1.54) is 0 Å². The molecule has 1 N–H and O–H groups in total. The van der Waals surface area contributed by atoms with E-state index in [1.807, 2.05) is 82.3 Å². The monoisotopic (exact) mass is 377 g/mol. The van der Waals surface area contributed by atoms with E-state index < -0.39 is 13.4 Å². The fraction of sp³-hybridized carbons (Fsp3) is 0.400. The summed E-state index contributed by atoms with van der Waals surface area (Å²) >= 11 is 0. The van der Waals surface area contributed by atoms with Crippen molar-refractivity contribution in [3.05, 3.63) is 60.2 Å². The van der Waals surface area contributed by atoms with Gasteiger partial charge >= 0.3 is 7.60 Å². The Kier molecular flexibility index (Phi) is 7.27. The third-order valence-electron chi connectivity index (χ3n) is 3.54. The van der Waals surface area contributed by atoms with Gasteiger partial charge < -0.3 is 19.1 Å². The van der Waals surface area contributed by atoms with Crippen LogP contribution in [0.2, 0.25) is 0 Å². The molecule has 2 aromatic rings. The summed E-state index contributed by atoms with van der Waals surface area (Å²) in [5.41, 5.74) is 1.65. The SMILES string of the molecule is COc1ccc(NC(c2ccccc2)P(=O)(OC(C)C)OC(C)C)cc1. The normalized spacial score (nSPS) is 13.0. The molecule has 6 heteroatoms. The maximum atomic E-state index is 13.7. The predicted molar refractivity (Wildman–Crippen MR) is 106 cm³/mol. The van der Waals surface area contributed by atoms with Crippen molar-refractivity contribution >= 4 is 13.3 Å². The molecule has 0 saturated carbocycles. The van der Waals surface area contributed by atoms with Gasteiger partial charge in [-0.3, -0.25) is 4.57 Å². The Hall–Kier alpha value is -1.81. The highest BCUT2D eigenvalue weighted by Crippen LogP contribution is 2.62. The molecule has 0 aromatic heterocycles. The van der Waals surface area contributed by atoms with Crippen molar-refractivity contribution < 1.29 is 18.3 Å². The summed E-state index contributed by atoms with van der Waals surface area (Å²) in [4.78, 5) is 0. The van der Waals surface area contributed by atoms with Crippen LogP contribution >= 0.6 is 7.60 Å². The zero-order valence-corrected chi connectivity index (χ0v) is 16.9. The molecule has 0 fully saturated rings. The van der Waals surface area contributed by atoms with Crippen molar-refractivity contribution in [1.82, 2.24) is 0 Å². The average molecular weight is 377 g/mol. The van der Waals surface area contributed by atoms with Crippen LogP contribution in [0.15, 0.2) is 54.6 Å². The van der Waals surface area contributed by atoms with Crippen LogP contribution in [0.1, 0.15) is 39.0 Å². The molecule has 0 saturated heterocycles. The van der Waals surface area contributed by atoms with Gasteiger partial charge in [-0.25, -0.2) is 0 Å². The number of nitrogens with one attached hydrogen (secondary N) is 1. The molecule has 142 valence electrons. The van der Waals surface area contributed by atoms with Gasteiger partial charge in [-0.15, -0.1) is 0 Å². The topological polar surface area (TPSA) is 56.8 Å². The molecule has 2 aromatic carbocycles. The van der Waals surface area contributed by atoms with Crippen molar-refractivity contribution in [2.45, 2.75) is 45.7 Å². The Labute approximate surface area is 156 Å². The van der Waals surface area contributed by atoms with Crippen LogP contribution < -0.4 is 10.1 Å². The second-order valence-corrected chi connectivity index (χ2v) is 8.55. The summed E-state index contributed by atoms with van der Waals surface area (Å²) < 4.78 is 30.6. The van der Waals surface area contributed by atoms with Crippen molar-refractivity contribution in [2.24, 2.45) is 0 Å². The van der Waals surface area contributed by atoms with Crippen LogP contribution in [0.4, 0.5) is 5.69 Å². The summed E-state index contributed by atoms with van der Waals surface area (Å²) in [7, 11) is -1.87. The van der Waals surface area contributed by atoms with Crippen LogP contribution in [0.25, 0.3) is 0 Å². The molecular formula is C20H28NO4P. The minimum atomic E-state index is -3.49. The molecule has 0 spiro atoms. The number of methoxy groups -OCH3 is 1. The lowest BCUT2D eigenvalue weighted by Crippen LogP contribution is -2.19. The first-order valence-electron chi connectivity index (χ1n) is 8.76. The molecule has 0 radical (unpaired) electrons. The molecule has 1 atom stereocenters. The standard InChI is InChI=1S/C20H28NO4P/c1-15(2)24-26(22,25-16(3)4)20(17-9-7-6-8-10-17)21-18-11-13-19(23-5)14-12-18/h6-16,20-21H,1-5H3. The lowest BCUT2D eigenvalue weighted by molar-refractivity contribution is 0.138. The first-order chi connectivity index (χ1) is 12.3. The van der Waals surface area contributed by atoms with E-state index in [1.54, 1.807) is 7.11 Å². The predicted octanol–water partition coefficient (Wildman–Crippen LogP) is 5.85. The number of hydrogen-bond donors (Lipinski definition) is 1. The van der Waals surface area contributed by atoms with Crippen molar-refractivity contribution in [3.8, 4) is 5.75 Å². The molecule has 0 amide bonds. The van der Waals surface area contributed by atoms with E-state index >= 15 is 0 Å². The number of hydrogen-bond acceptors (Lipinski definition) is 5. The van der Waals surface area contributed by atoms with Crippen LogP contribution in [0, 0.1) is 0 Å². The van der Waals surface area contributed by atoms with Crippen molar-refractivity contribution in [3.63, 3.8) is 0 Å². The largest absolute Gasteiger partial charge is 0.497 e. The van der Waals surface area contributed by atoms with E-state index in [9.17, 15) is 4.57 Å². The Balaban J connectivity index is 2.42. The molecular weight excluding hydrogens is 349 g/mol. The zero-order chi connectivity index (χ0) is 19.2. The summed E-state index contributed by atoms with van der Waals surface area (Å²) in [6.07, 6.45) is -0.466. The maximum absolute atomic E-state index is 13.7. The van der Waals surface area contributed by atoms with Gasteiger partial charge in [-0.1, -0.05) is 30.3 Å². The van der Waals surface area contributed by atoms with Gasteiger partial charge in [-0.05, 0) is 57.5 Å². The quantitative estimate of drug-likeness (QED) is 0.556. The highest BCUT2D eigenvalue weighted by molar-refractivity contribution is 7.54. The van der Waals surface area contributed by atoms with Gasteiger partial charge in [0.15, 0.2) is 5.78 Å². The van der Waals surface area contributed by atoms with Gasteiger partial charge in [0.2, 0.25) is 0 Å². The van der Waals surface area contributed by atoms with E-state index in [2.05, 4.69) is 5.32 Å². The van der Waals surface area contributed by atoms with Gasteiger partial charge in [0.05, 0.1) is 19.3 Å². The highest BCUT2D eigenvalue weighted by Gasteiger charge is 2.39. The van der Waals surface area contributed by atoms with Crippen LogP contribution in [0.3, 0.4) is 0 Å². The van der Waals surface area contributed by atoms with Gasteiger partial charge in [0.25, 0.3) is 0 Å². The third-order valence-corrected chi connectivity index (χ3v) is 6.03. The van der Waals surface area contributed by atoms with Crippen LogP contribution in [0.5, 0.6) is 5.75 Å². The lowest BCUT2D eigenvalue weighted by atomic mass is 10.2. The highest BCUT2D eigenvalue weighted by atomic mass is 31.2. The minimum Gasteiger partial charge on any atom is -0.497 e. The molecule has 0 heterocycles. The average Bonchev–Trinajstić information content (AvgIpc) is 2.59.